The molecule has 1 amide bonds. The number of methoxy groups -OCH3 is 1. The molecule has 1 aliphatic heterocycles. The van der Waals surface area contributed by atoms with Crippen molar-refractivity contribution in [2.45, 2.75) is 16.3 Å². The number of aromatic nitrogens is 1. The molecule has 5 nitrogen and oxygen atoms in total. The van der Waals surface area contributed by atoms with E-state index in [4.69, 9.17) is 28.6 Å². The summed E-state index contributed by atoms with van der Waals surface area (Å²) in [5, 5.41) is 0.531. The van der Waals surface area contributed by atoms with E-state index < -0.39 is 0 Å². The molecule has 0 fully saturated rings. The first kappa shape index (κ1) is 22.9. The number of rotatable bonds is 4. The number of hydrogen-bond acceptors (Lipinski definition) is 6. The Morgan fingerprint density at radius 3 is 2.47 bits per heavy atom. The van der Waals surface area contributed by atoms with Crippen LogP contribution in [0.15, 0.2) is 87.4 Å². The van der Waals surface area contributed by atoms with Gasteiger partial charge < -0.3 is 4.74 Å². The van der Waals surface area contributed by atoms with Gasteiger partial charge in [0.05, 0.1) is 18.5 Å². The number of benzene rings is 3. The summed E-state index contributed by atoms with van der Waals surface area (Å²) in [4.78, 5) is 30.8. The predicted octanol–water partition coefficient (Wildman–Crippen LogP) is 6.80. The number of carbonyl (C=O) groups is 1. The summed E-state index contributed by atoms with van der Waals surface area (Å²) in [6.07, 6.45) is 0. The van der Waals surface area contributed by atoms with Crippen molar-refractivity contribution in [1.29, 1.82) is 0 Å². The number of para-hydroxylation sites is 1. The number of anilines is 2. The Balaban J connectivity index is 1.51. The van der Waals surface area contributed by atoms with Crippen LogP contribution < -0.4 is 15.2 Å². The van der Waals surface area contributed by atoms with E-state index in [0.717, 1.165) is 31.7 Å². The van der Waals surface area contributed by atoms with E-state index in [0.29, 0.717) is 14.7 Å². The van der Waals surface area contributed by atoms with Crippen molar-refractivity contribution in [3.8, 4) is 16.2 Å². The summed E-state index contributed by atoms with van der Waals surface area (Å²) in [6, 6.07) is 22.0. The lowest BCUT2D eigenvalue weighted by Gasteiger charge is -2.31. The van der Waals surface area contributed by atoms with Crippen molar-refractivity contribution in [1.82, 2.24) is 4.57 Å². The fraction of sp³-hybridized carbons (Fsp3) is 0.0800. The van der Waals surface area contributed by atoms with Crippen LogP contribution in [0.3, 0.4) is 0 Å². The molecule has 0 spiro atoms. The van der Waals surface area contributed by atoms with Crippen LogP contribution in [-0.4, -0.2) is 17.6 Å². The molecule has 34 heavy (non-hydrogen) atoms. The van der Waals surface area contributed by atoms with E-state index >= 15 is 0 Å². The minimum absolute atomic E-state index is 0.179. The Labute approximate surface area is 214 Å². The summed E-state index contributed by atoms with van der Waals surface area (Å²) < 4.78 is 6.86. The first-order chi connectivity index (χ1) is 16.4. The van der Waals surface area contributed by atoms with Gasteiger partial charge in [0.2, 0.25) is 0 Å². The van der Waals surface area contributed by atoms with Gasteiger partial charge in [-0.1, -0.05) is 35.5 Å². The second-order valence-electron chi connectivity index (χ2n) is 7.44. The topological polar surface area (TPSA) is 51.5 Å². The van der Waals surface area contributed by atoms with Crippen molar-refractivity contribution < 1.29 is 9.53 Å². The zero-order chi connectivity index (χ0) is 23.8. The average molecular weight is 525 g/mol. The SMILES string of the molecule is COc1ccc(-c2cc(=O)n(CC(=O)N3c4ccccc4Sc4ccc(Cl)cc43)c(=S)s2)cc1. The molecule has 0 aliphatic carbocycles. The molecule has 170 valence electrons. The Morgan fingerprint density at radius 1 is 1.00 bits per heavy atom. The molecule has 1 aromatic heterocycles. The maximum atomic E-state index is 13.6. The molecule has 2 heterocycles. The molecule has 5 rings (SSSR count). The number of carbonyl (C=O) groups excluding carboxylic acids is 1. The lowest BCUT2D eigenvalue weighted by molar-refractivity contribution is -0.118. The second-order valence-corrected chi connectivity index (χ2v) is 10.6. The highest BCUT2D eigenvalue weighted by molar-refractivity contribution is 7.99. The van der Waals surface area contributed by atoms with Gasteiger partial charge in [-0.05, 0) is 72.4 Å². The third-order valence-electron chi connectivity index (χ3n) is 5.34. The maximum absolute atomic E-state index is 13.6. The largest absolute Gasteiger partial charge is 0.497 e. The van der Waals surface area contributed by atoms with Crippen molar-refractivity contribution in [2.75, 3.05) is 12.0 Å². The van der Waals surface area contributed by atoms with Gasteiger partial charge in [0.1, 0.15) is 12.3 Å². The van der Waals surface area contributed by atoms with Crippen LogP contribution in [0.4, 0.5) is 11.4 Å². The van der Waals surface area contributed by atoms with Gasteiger partial charge >= 0.3 is 0 Å². The summed E-state index contributed by atoms with van der Waals surface area (Å²) >= 11 is 14.7. The molecular weight excluding hydrogens is 508 g/mol. The van der Waals surface area contributed by atoms with Crippen LogP contribution in [0, 0.1) is 3.95 Å². The van der Waals surface area contributed by atoms with Crippen molar-refractivity contribution in [3.05, 3.63) is 92.1 Å². The molecule has 0 saturated carbocycles. The van der Waals surface area contributed by atoms with E-state index in [9.17, 15) is 9.59 Å². The van der Waals surface area contributed by atoms with Gasteiger partial charge in [-0.25, -0.2) is 0 Å². The lowest BCUT2D eigenvalue weighted by Crippen LogP contribution is -2.35. The summed E-state index contributed by atoms with van der Waals surface area (Å²) in [7, 11) is 1.60. The smallest absolute Gasteiger partial charge is 0.254 e. The zero-order valence-corrected chi connectivity index (χ0v) is 21.1. The van der Waals surface area contributed by atoms with Crippen molar-refractivity contribution in [2.24, 2.45) is 0 Å². The van der Waals surface area contributed by atoms with E-state index in [-0.39, 0.29) is 18.0 Å². The van der Waals surface area contributed by atoms with E-state index in [2.05, 4.69) is 0 Å². The third kappa shape index (κ3) is 4.30. The molecule has 1 aliphatic rings. The third-order valence-corrected chi connectivity index (χ3v) is 8.15. The molecular formula is C25H17ClN2O3S3. The second kappa shape index (κ2) is 9.38. The fourth-order valence-corrected chi connectivity index (χ4v) is 6.20. The first-order valence-corrected chi connectivity index (χ1v) is 12.7. The van der Waals surface area contributed by atoms with Gasteiger partial charge in [-0.3, -0.25) is 19.1 Å². The minimum atomic E-state index is -0.325. The highest BCUT2D eigenvalue weighted by Crippen LogP contribution is 2.48. The average Bonchev–Trinajstić information content (AvgIpc) is 2.84. The zero-order valence-electron chi connectivity index (χ0n) is 17.9. The van der Waals surface area contributed by atoms with E-state index in [1.54, 1.807) is 35.9 Å². The maximum Gasteiger partial charge on any atom is 0.254 e. The minimum Gasteiger partial charge on any atom is -0.497 e. The van der Waals surface area contributed by atoms with Crippen LogP contribution in [0.1, 0.15) is 0 Å². The normalized spacial score (nSPS) is 12.1. The van der Waals surface area contributed by atoms with Crippen molar-refractivity contribution >= 4 is 64.2 Å². The molecule has 3 aromatic carbocycles. The highest BCUT2D eigenvalue weighted by Gasteiger charge is 2.28. The number of halogens is 1. The Morgan fingerprint density at radius 2 is 1.74 bits per heavy atom. The van der Waals surface area contributed by atoms with Crippen LogP contribution in [-0.2, 0) is 11.3 Å². The molecule has 0 unspecified atom stereocenters. The van der Waals surface area contributed by atoms with E-state index in [1.165, 1.54) is 22.0 Å². The van der Waals surface area contributed by atoms with E-state index in [1.807, 2.05) is 54.6 Å². The first-order valence-electron chi connectivity index (χ1n) is 10.2. The molecule has 0 N–H and O–H groups in total. The molecule has 0 bridgehead atoms. The van der Waals surface area contributed by atoms with Crippen LogP contribution in [0.5, 0.6) is 5.75 Å². The molecule has 0 saturated heterocycles. The number of hydrogen-bond donors (Lipinski definition) is 0. The quantitative estimate of drug-likeness (QED) is 0.275. The number of fused-ring (bicyclic) bond motifs is 2. The summed E-state index contributed by atoms with van der Waals surface area (Å²) in [6.45, 7) is -0.179. The lowest BCUT2D eigenvalue weighted by atomic mass is 10.2. The number of ether oxygens (including phenoxy) is 1. The van der Waals surface area contributed by atoms with Crippen LogP contribution in [0.2, 0.25) is 5.02 Å². The van der Waals surface area contributed by atoms with Crippen LogP contribution in [0.25, 0.3) is 10.4 Å². The Hall–Kier alpha value is -2.91. The number of nitrogens with zero attached hydrogens (tertiary/aromatic N) is 2. The Kier molecular flexibility index (Phi) is 6.31. The highest BCUT2D eigenvalue weighted by atomic mass is 35.5. The summed E-state index contributed by atoms with van der Waals surface area (Å²) in [5.74, 6) is 0.459. The van der Waals surface area contributed by atoms with Crippen LogP contribution >= 0.6 is 46.9 Å². The molecule has 0 atom stereocenters. The predicted molar refractivity (Wildman–Crippen MR) is 141 cm³/mol. The van der Waals surface area contributed by atoms with Gasteiger partial charge in [0.15, 0.2) is 3.95 Å². The van der Waals surface area contributed by atoms with Gasteiger partial charge in [-0.2, -0.15) is 0 Å². The Bertz CT molecular complexity index is 1500. The summed E-state index contributed by atoms with van der Waals surface area (Å²) in [5.41, 5.74) is 1.98. The van der Waals surface area contributed by atoms with Gasteiger partial charge in [0.25, 0.3) is 11.5 Å². The van der Waals surface area contributed by atoms with Crippen molar-refractivity contribution in [3.63, 3.8) is 0 Å². The fourth-order valence-electron chi connectivity index (χ4n) is 3.70. The van der Waals surface area contributed by atoms with Gasteiger partial charge in [0, 0.05) is 25.8 Å². The monoisotopic (exact) mass is 524 g/mol. The molecule has 0 radical (unpaired) electrons. The standard InChI is InChI=1S/C25H17ClN2O3S3/c1-31-17-9-6-15(7-10-17)22-13-23(29)27(25(32)34-22)14-24(30)28-18-4-2-3-5-20(18)33-21-11-8-16(26)12-19(21)28/h2-13H,14H2,1H3. The molecule has 4 aromatic rings. The molecule has 9 heteroatoms. The van der Waals surface area contributed by atoms with Gasteiger partial charge in [-0.15, -0.1) is 11.3 Å². The number of amides is 1.